The molecule has 0 radical (unpaired) electrons. The van der Waals surface area contributed by atoms with Gasteiger partial charge in [0.1, 0.15) is 11.4 Å². The SMILES string of the molecule is Cc1ccc(Nc2ncc(C(F)(F)F)c(Nc3ccc(C4CCCCC4)cc3)n2)cc1. The molecule has 0 unspecified atom stereocenters. The monoisotopic (exact) mass is 426 g/mol. The van der Waals surface area contributed by atoms with Crippen LogP contribution in [-0.4, -0.2) is 9.97 Å². The van der Waals surface area contributed by atoms with Crippen molar-refractivity contribution in [2.24, 2.45) is 0 Å². The lowest BCUT2D eigenvalue weighted by molar-refractivity contribution is -0.137. The Labute approximate surface area is 179 Å². The number of aryl methyl sites for hydroxylation is 1. The van der Waals surface area contributed by atoms with E-state index in [9.17, 15) is 13.2 Å². The highest BCUT2D eigenvalue weighted by Gasteiger charge is 2.35. The number of hydrogen-bond acceptors (Lipinski definition) is 4. The van der Waals surface area contributed by atoms with E-state index in [0.717, 1.165) is 11.8 Å². The van der Waals surface area contributed by atoms with Crippen molar-refractivity contribution >= 4 is 23.1 Å². The molecule has 4 rings (SSSR count). The number of aromatic nitrogens is 2. The number of hydrogen-bond donors (Lipinski definition) is 2. The molecule has 7 heteroatoms. The summed E-state index contributed by atoms with van der Waals surface area (Å²) in [6.07, 6.45) is 2.34. The zero-order chi connectivity index (χ0) is 21.8. The van der Waals surface area contributed by atoms with Crippen LogP contribution < -0.4 is 10.6 Å². The third kappa shape index (κ3) is 5.34. The topological polar surface area (TPSA) is 49.8 Å². The van der Waals surface area contributed by atoms with Gasteiger partial charge in [-0.15, -0.1) is 0 Å². The fourth-order valence-corrected chi connectivity index (χ4v) is 3.92. The molecule has 1 aliphatic rings. The second kappa shape index (κ2) is 8.96. The van der Waals surface area contributed by atoms with Crippen LogP contribution in [0.2, 0.25) is 0 Å². The molecule has 162 valence electrons. The number of nitrogens with zero attached hydrogens (tertiary/aromatic N) is 2. The fraction of sp³-hybridized carbons (Fsp3) is 0.333. The maximum Gasteiger partial charge on any atom is 0.421 e. The van der Waals surface area contributed by atoms with Gasteiger partial charge in [0, 0.05) is 17.6 Å². The van der Waals surface area contributed by atoms with E-state index < -0.39 is 11.7 Å². The van der Waals surface area contributed by atoms with Gasteiger partial charge in [-0.05, 0) is 55.5 Å². The van der Waals surface area contributed by atoms with Gasteiger partial charge < -0.3 is 10.6 Å². The molecule has 0 aliphatic heterocycles. The van der Waals surface area contributed by atoms with Gasteiger partial charge in [0.15, 0.2) is 0 Å². The predicted octanol–water partition coefficient (Wildman–Crippen LogP) is 7.34. The molecule has 3 aromatic rings. The molecular weight excluding hydrogens is 401 g/mol. The Bertz CT molecular complexity index is 1010. The predicted molar refractivity (Wildman–Crippen MR) is 117 cm³/mol. The molecule has 0 spiro atoms. The number of anilines is 4. The number of benzene rings is 2. The summed E-state index contributed by atoms with van der Waals surface area (Å²) in [5.41, 5.74) is 2.68. The summed E-state index contributed by atoms with van der Waals surface area (Å²) < 4.78 is 40.6. The third-order valence-corrected chi connectivity index (χ3v) is 5.65. The van der Waals surface area contributed by atoms with Gasteiger partial charge in [-0.2, -0.15) is 18.2 Å². The summed E-state index contributed by atoms with van der Waals surface area (Å²) in [7, 11) is 0. The molecule has 0 bridgehead atoms. The minimum absolute atomic E-state index is 0.0955. The maximum atomic E-state index is 13.5. The van der Waals surface area contributed by atoms with E-state index >= 15 is 0 Å². The summed E-state index contributed by atoms with van der Waals surface area (Å²) in [5, 5.41) is 5.79. The zero-order valence-corrected chi connectivity index (χ0v) is 17.3. The molecular formula is C24H25F3N4. The van der Waals surface area contributed by atoms with Crippen LogP contribution >= 0.6 is 0 Å². The van der Waals surface area contributed by atoms with Gasteiger partial charge in [0.05, 0.1) is 0 Å². The average molecular weight is 426 g/mol. The van der Waals surface area contributed by atoms with Crippen molar-refractivity contribution < 1.29 is 13.2 Å². The highest BCUT2D eigenvalue weighted by Crippen LogP contribution is 2.36. The van der Waals surface area contributed by atoms with E-state index in [1.807, 2.05) is 55.5 Å². The van der Waals surface area contributed by atoms with Gasteiger partial charge in [-0.1, -0.05) is 49.1 Å². The van der Waals surface area contributed by atoms with E-state index in [2.05, 4.69) is 20.6 Å². The van der Waals surface area contributed by atoms with Crippen LogP contribution in [0.5, 0.6) is 0 Å². The lowest BCUT2D eigenvalue weighted by Gasteiger charge is -2.22. The molecule has 1 aliphatic carbocycles. The number of rotatable bonds is 5. The van der Waals surface area contributed by atoms with Crippen LogP contribution in [0.4, 0.5) is 36.3 Å². The largest absolute Gasteiger partial charge is 0.421 e. The first kappa shape index (κ1) is 21.2. The maximum absolute atomic E-state index is 13.5. The lowest BCUT2D eigenvalue weighted by Crippen LogP contribution is -2.12. The summed E-state index contributed by atoms with van der Waals surface area (Å²) in [4.78, 5) is 7.97. The first-order valence-electron chi connectivity index (χ1n) is 10.5. The zero-order valence-electron chi connectivity index (χ0n) is 17.3. The fourth-order valence-electron chi connectivity index (χ4n) is 3.92. The van der Waals surface area contributed by atoms with Crippen molar-refractivity contribution in [3.8, 4) is 0 Å². The van der Waals surface area contributed by atoms with Gasteiger partial charge >= 0.3 is 6.18 Å². The van der Waals surface area contributed by atoms with Crippen molar-refractivity contribution in [3.05, 3.63) is 71.4 Å². The minimum atomic E-state index is -4.56. The van der Waals surface area contributed by atoms with Crippen LogP contribution in [0.15, 0.2) is 54.7 Å². The lowest BCUT2D eigenvalue weighted by atomic mass is 9.84. The highest BCUT2D eigenvalue weighted by molar-refractivity contribution is 5.63. The minimum Gasteiger partial charge on any atom is -0.340 e. The second-order valence-corrected chi connectivity index (χ2v) is 8.03. The number of alkyl halides is 3. The standard InChI is InChI=1S/C24H25F3N4/c1-16-7-11-20(12-8-16)30-23-28-15-21(24(25,26)27)22(31-23)29-19-13-9-18(10-14-19)17-5-3-2-4-6-17/h7-15,17H,2-6H2,1H3,(H2,28,29,30,31). The van der Waals surface area contributed by atoms with E-state index in [-0.39, 0.29) is 11.8 Å². The van der Waals surface area contributed by atoms with E-state index in [0.29, 0.717) is 17.3 Å². The summed E-state index contributed by atoms with van der Waals surface area (Å²) in [5.74, 6) is 0.360. The van der Waals surface area contributed by atoms with Crippen molar-refractivity contribution in [2.75, 3.05) is 10.6 Å². The Kier molecular flexibility index (Phi) is 6.11. The molecule has 4 nitrogen and oxygen atoms in total. The Morgan fingerprint density at radius 2 is 1.45 bits per heavy atom. The molecule has 1 saturated carbocycles. The van der Waals surface area contributed by atoms with Crippen LogP contribution in [-0.2, 0) is 6.18 Å². The van der Waals surface area contributed by atoms with Gasteiger partial charge in [0.2, 0.25) is 5.95 Å². The molecule has 1 aromatic heterocycles. The molecule has 1 fully saturated rings. The Morgan fingerprint density at radius 3 is 2.10 bits per heavy atom. The number of halogens is 3. The van der Waals surface area contributed by atoms with Crippen LogP contribution in [0.25, 0.3) is 0 Å². The van der Waals surface area contributed by atoms with Crippen molar-refractivity contribution in [1.29, 1.82) is 0 Å². The summed E-state index contributed by atoms with van der Waals surface area (Å²) in [6, 6.07) is 15.1. The van der Waals surface area contributed by atoms with Crippen LogP contribution in [0, 0.1) is 6.92 Å². The van der Waals surface area contributed by atoms with Gasteiger partial charge in [-0.3, -0.25) is 0 Å². The van der Waals surface area contributed by atoms with Gasteiger partial charge in [0.25, 0.3) is 0 Å². The Balaban J connectivity index is 1.56. The molecule has 0 atom stereocenters. The first-order chi connectivity index (χ1) is 14.9. The van der Waals surface area contributed by atoms with E-state index in [1.54, 1.807) is 0 Å². The van der Waals surface area contributed by atoms with Gasteiger partial charge in [-0.25, -0.2) is 4.98 Å². The summed E-state index contributed by atoms with van der Waals surface area (Å²) >= 11 is 0. The van der Waals surface area contributed by atoms with Crippen molar-refractivity contribution in [1.82, 2.24) is 9.97 Å². The Morgan fingerprint density at radius 1 is 0.839 bits per heavy atom. The molecule has 31 heavy (non-hydrogen) atoms. The van der Waals surface area contributed by atoms with Crippen LogP contribution in [0.1, 0.15) is 54.7 Å². The van der Waals surface area contributed by atoms with Crippen molar-refractivity contribution in [3.63, 3.8) is 0 Å². The van der Waals surface area contributed by atoms with Crippen LogP contribution in [0.3, 0.4) is 0 Å². The molecule has 2 aromatic carbocycles. The van der Waals surface area contributed by atoms with Crippen molar-refractivity contribution in [2.45, 2.75) is 51.1 Å². The molecule has 0 amide bonds. The van der Waals surface area contributed by atoms with E-state index in [1.165, 1.54) is 37.7 Å². The average Bonchev–Trinajstić information content (AvgIpc) is 2.76. The third-order valence-electron chi connectivity index (χ3n) is 5.65. The highest BCUT2D eigenvalue weighted by atomic mass is 19.4. The number of nitrogens with one attached hydrogen (secondary N) is 2. The Hall–Kier alpha value is -3.09. The summed E-state index contributed by atoms with van der Waals surface area (Å²) in [6.45, 7) is 1.96. The first-order valence-corrected chi connectivity index (χ1v) is 10.5. The normalized spacial score (nSPS) is 15.0. The smallest absolute Gasteiger partial charge is 0.340 e. The quantitative estimate of drug-likeness (QED) is 0.448. The molecule has 1 heterocycles. The molecule has 2 N–H and O–H groups in total. The van der Waals surface area contributed by atoms with E-state index in [4.69, 9.17) is 0 Å². The second-order valence-electron chi connectivity index (χ2n) is 8.03. The molecule has 0 saturated heterocycles.